The third-order valence-electron chi connectivity index (χ3n) is 1.39. The van der Waals surface area contributed by atoms with Gasteiger partial charge in [0.05, 0.1) is 4.92 Å². The topological polar surface area (TPSA) is 104 Å². The van der Waals surface area contributed by atoms with Crippen molar-refractivity contribution in [1.82, 2.24) is 0 Å². The molecule has 0 saturated heterocycles. The van der Waals surface area contributed by atoms with Crippen molar-refractivity contribution >= 4 is 18.6 Å². The van der Waals surface area contributed by atoms with E-state index < -0.39 is 12.5 Å². The van der Waals surface area contributed by atoms with Crippen LogP contribution in [-0.4, -0.2) is 9.82 Å². The van der Waals surface area contributed by atoms with Gasteiger partial charge in [0.15, 0.2) is 7.60 Å². The summed E-state index contributed by atoms with van der Waals surface area (Å²) < 4.78 is 10.5. The standard InChI is InChI=1S/C6H6NO5P/c8-7(9)5-1-3-6(4-2-5)13(10,11)12/h1-4H,(H2,10,11,12)/p-1. The molecule has 0 heterocycles. The molecule has 0 fully saturated rings. The van der Waals surface area contributed by atoms with Crippen molar-refractivity contribution in [2.75, 3.05) is 0 Å². The van der Waals surface area contributed by atoms with E-state index in [1.54, 1.807) is 0 Å². The number of non-ortho nitro benzene ring substituents is 1. The van der Waals surface area contributed by atoms with Crippen LogP contribution < -0.4 is 10.2 Å². The maximum atomic E-state index is 10.5. The quantitative estimate of drug-likeness (QED) is 0.405. The van der Waals surface area contributed by atoms with Gasteiger partial charge in [-0.15, -0.1) is 0 Å². The van der Waals surface area contributed by atoms with Gasteiger partial charge in [0.1, 0.15) is 0 Å². The molecule has 1 N–H and O–H groups in total. The Morgan fingerprint density at radius 1 is 1.31 bits per heavy atom. The van der Waals surface area contributed by atoms with E-state index in [-0.39, 0.29) is 11.0 Å². The smallest absolute Gasteiger partial charge is 0.269 e. The van der Waals surface area contributed by atoms with Crippen LogP contribution in [0, 0.1) is 10.1 Å². The molecule has 1 rings (SSSR count). The summed E-state index contributed by atoms with van der Waals surface area (Å²) in [7, 11) is -4.54. The van der Waals surface area contributed by atoms with Crippen molar-refractivity contribution in [3.05, 3.63) is 34.4 Å². The SMILES string of the molecule is O=[N+]([O-])c1ccc(P(=O)([O-])O)cc1. The molecule has 0 aliphatic heterocycles. The number of hydrogen-bond donors (Lipinski definition) is 1. The number of rotatable bonds is 2. The molecule has 1 aromatic carbocycles. The third kappa shape index (κ3) is 2.35. The molecule has 1 atom stereocenters. The first-order valence-corrected chi connectivity index (χ1v) is 4.78. The molecule has 1 aromatic rings. The Kier molecular flexibility index (Phi) is 2.47. The number of nitrogens with zero attached hydrogens (tertiary/aromatic N) is 1. The predicted octanol–water partition coefficient (Wildman–Crippen LogP) is -0.234. The lowest BCUT2D eigenvalue weighted by molar-refractivity contribution is -0.384. The molecule has 0 aliphatic carbocycles. The van der Waals surface area contributed by atoms with Gasteiger partial charge in [-0.3, -0.25) is 10.1 Å². The zero-order valence-electron chi connectivity index (χ0n) is 6.28. The molecule has 0 saturated carbocycles. The minimum absolute atomic E-state index is 0.225. The van der Waals surface area contributed by atoms with Gasteiger partial charge in [-0.2, -0.15) is 0 Å². The van der Waals surface area contributed by atoms with Crippen molar-refractivity contribution in [1.29, 1.82) is 0 Å². The maximum Gasteiger partial charge on any atom is 0.269 e. The maximum absolute atomic E-state index is 10.5. The van der Waals surface area contributed by atoms with Crippen LogP contribution in [0.3, 0.4) is 0 Å². The summed E-state index contributed by atoms with van der Waals surface area (Å²) in [6, 6.07) is 3.98. The highest BCUT2D eigenvalue weighted by molar-refractivity contribution is 7.58. The van der Waals surface area contributed by atoms with Gasteiger partial charge >= 0.3 is 0 Å². The Labute approximate surface area is 73.1 Å². The Balaban J connectivity index is 3.08. The molecule has 0 radical (unpaired) electrons. The molecule has 0 amide bonds. The minimum Gasteiger partial charge on any atom is -0.775 e. The lowest BCUT2D eigenvalue weighted by atomic mass is 10.3. The van der Waals surface area contributed by atoms with E-state index in [0.29, 0.717) is 0 Å². The van der Waals surface area contributed by atoms with Crippen molar-refractivity contribution in [2.24, 2.45) is 0 Å². The van der Waals surface area contributed by atoms with Gasteiger partial charge in [-0.25, -0.2) is 0 Å². The van der Waals surface area contributed by atoms with Crippen molar-refractivity contribution in [3.8, 4) is 0 Å². The van der Waals surface area contributed by atoms with E-state index in [1.165, 1.54) is 0 Å². The summed E-state index contributed by atoms with van der Waals surface area (Å²) in [4.78, 5) is 28.6. The Hall–Kier alpha value is -1.23. The number of nitro benzene ring substituents is 1. The van der Waals surface area contributed by atoms with E-state index >= 15 is 0 Å². The summed E-state index contributed by atoms with van der Waals surface area (Å²) in [6.07, 6.45) is 0. The molecular formula is C6H5NO5P-. The molecule has 70 valence electrons. The fourth-order valence-electron chi connectivity index (χ4n) is 0.763. The molecule has 0 spiro atoms. The van der Waals surface area contributed by atoms with E-state index in [4.69, 9.17) is 4.89 Å². The van der Waals surface area contributed by atoms with E-state index in [0.717, 1.165) is 24.3 Å². The summed E-state index contributed by atoms with van der Waals surface area (Å²) in [5.41, 5.74) is -0.225. The molecular weight excluding hydrogens is 197 g/mol. The number of benzene rings is 1. The van der Waals surface area contributed by atoms with Crippen LogP contribution in [0.25, 0.3) is 0 Å². The molecule has 6 nitrogen and oxygen atoms in total. The zero-order valence-corrected chi connectivity index (χ0v) is 7.18. The highest BCUT2D eigenvalue weighted by Gasteiger charge is 2.09. The lowest BCUT2D eigenvalue weighted by Gasteiger charge is -2.14. The Bertz CT molecular complexity index is 367. The summed E-state index contributed by atoms with van der Waals surface area (Å²) >= 11 is 0. The van der Waals surface area contributed by atoms with E-state index in [2.05, 4.69) is 0 Å². The Morgan fingerprint density at radius 3 is 2.08 bits per heavy atom. The van der Waals surface area contributed by atoms with Crippen LogP contribution in [0.1, 0.15) is 0 Å². The second-order valence-electron chi connectivity index (χ2n) is 2.29. The fourth-order valence-corrected chi connectivity index (χ4v) is 1.29. The summed E-state index contributed by atoms with van der Waals surface area (Å²) in [5, 5.41) is 9.82. The molecule has 1 unspecified atom stereocenters. The molecule has 0 bridgehead atoms. The van der Waals surface area contributed by atoms with E-state index in [1.807, 2.05) is 0 Å². The summed E-state index contributed by atoms with van der Waals surface area (Å²) in [6.45, 7) is 0. The molecule has 7 heteroatoms. The van der Waals surface area contributed by atoms with Crippen LogP contribution in [0.2, 0.25) is 0 Å². The molecule has 13 heavy (non-hydrogen) atoms. The average molecular weight is 202 g/mol. The predicted molar refractivity (Wildman–Crippen MR) is 42.6 cm³/mol. The van der Waals surface area contributed by atoms with Crippen LogP contribution in [0.15, 0.2) is 24.3 Å². The molecule has 0 aliphatic rings. The highest BCUT2D eigenvalue weighted by Crippen LogP contribution is 2.28. The minimum atomic E-state index is -4.54. The van der Waals surface area contributed by atoms with Gasteiger partial charge in [0.25, 0.3) is 5.69 Å². The molecule has 0 aromatic heterocycles. The van der Waals surface area contributed by atoms with Crippen LogP contribution in [0.5, 0.6) is 0 Å². The monoisotopic (exact) mass is 202 g/mol. The van der Waals surface area contributed by atoms with Crippen molar-refractivity contribution in [2.45, 2.75) is 0 Å². The van der Waals surface area contributed by atoms with Gasteiger partial charge in [-0.1, -0.05) is 0 Å². The first-order valence-electron chi connectivity index (χ1n) is 3.20. The number of hydrogen-bond acceptors (Lipinski definition) is 4. The largest absolute Gasteiger partial charge is 0.775 e. The fraction of sp³-hybridized carbons (Fsp3) is 0. The summed E-state index contributed by atoms with van der Waals surface area (Å²) in [5.74, 6) is 0. The van der Waals surface area contributed by atoms with Gasteiger partial charge < -0.3 is 14.4 Å². The third-order valence-corrected chi connectivity index (χ3v) is 2.34. The average Bonchev–Trinajstić information content (AvgIpc) is 2.03. The van der Waals surface area contributed by atoms with Crippen LogP contribution >= 0.6 is 7.60 Å². The Morgan fingerprint density at radius 2 is 1.77 bits per heavy atom. The van der Waals surface area contributed by atoms with Gasteiger partial charge in [0, 0.05) is 17.4 Å². The van der Waals surface area contributed by atoms with Gasteiger partial charge in [-0.05, 0) is 12.1 Å². The van der Waals surface area contributed by atoms with Crippen molar-refractivity contribution in [3.63, 3.8) is 0 Å². The van der Waals surface area contributed by atoms with Gasteiger partial charge in [0.2, 0.25) is 0 Å². The number of nitro groups is 1. The second kappa shape index (κ2) is 3.26. The normalized spacial score (nSPS) is 14.9. The second-order valence-corrected chi connectivity index (χ2v) is 3.85. The first-order chi connectivity index (χ1) is 5.91. The van der Waals surface area contributed by atoms with E-state index in [9.17, 15) is 19.6 Å². The lowest BCUT2D eigenvalue weighted by Crippen LogP contribution is -2.13. The van der Waals surface area contributed by atoms with Crippen molar-refractivity contribution < 1.29 is 19.3 Å². The highest BCUT2D eigenvalue weighted by atomic mass is 31.2. The van der Waals surface area contributed by atoms with Crippen LogP contribution in [-0.2, 0) is 4.57 Å². The first kappa shape index (κ1) is 9.85. The zero-order chi connectivity index (χ0) is 10.1. The van der Waals surface area contributed by atoms with Crippen LogP contribution in [0.4, 0.5) is 5.69 Å².